The molecule has 1 amide bonds. The van der Waals surface area contributed by atoms with E-state index in [1.807, 2.05) is 42.8 Å². The molecule has 2 aromatic carbocycles. The molecular weight excluding hydrogens is 512 g/mol. The van der Waals surface area contributed by atoms with Crippen molar-refractivity contribution >= 4 is 61.4 Å². The molecule has 0 radical (unpaired) electrons. The number of nitrogens with one attached hydrogen (secondary N) is 2. The third-order valence-electron chi connectivity index (χ3n) is 6.81. The number of para-hydroxylation sites is 1. The number of fused-ring (bicyclic) bond motifs is 2. The highest BCUT2D eigenvalue weighted by Crippen LogP contribution is 2.40. The van der Waals surface area contributed by atoms with Gasteiger partial charge >= 0.3 is 0 Å². The molecule has 0 aliphatic carbocycles. The highest BCUT2D eigenvalue weighted by Gasteiger charge is 2.21. The molecule has 2 N–H and O–H groups in total. The molecule has 0 bridgehead atoms. The van der Waals surface area contributed by atoms with Crippen molar-refractivity contribution in [3.63, 3.8) is 0 Å². The van der Waals surface area contributed by atoms with Crippen molar-refractivity contribution in [1.82, 2.24) is 14.5 Å². The van der Waals surface area contributed by atoms with Crippen molar-refractivity contribution in [3.8, 4) is 17.0 Å². The first-order chi connectivity index (χ1) is 19.1. The second-order valence-corrected chi connectivity index (χ2v) is 10.1. The van der Waals surface area contributed by atoms with Gasteiger partial charge in [-0.2, -0.15) is 0 Å². The summed E-state index contributed by atoms with van der Waals surface area (Å²) in [5.74, 6) is 0.742. The Morgan fingerprint density at radius 2 is 1.97 bits per heavy atom. The number of rotatable bonds is 7. The van der Waals surface area contributed by atoms with Gasteiger partial charge in [-0.1, -0.05) is 24.8 Å². The Balaban J connectivity index is 1.45. The fourth-order valence-electron chi connectivity index (χ4n) is 4.94. The lowest BCUT2D eigenvalue weighted by atomic mass is 10.1. The smallest absolute Gasteiger partial charge is 0.247 e. The summed E-state index contributed by atoms with van der Waals surface area (Å²) in [6.45, 7) is 6.24. The van der Waals surface area contributed by atoms with E-state index in [0.717, 1.165) is 38.1 Å². The van der Waals surface area contributed by atoms with Crippen LogP contribution in [0.3, 0.4) is 0 Å². The van der Waals surface area contributed by atoms with Crippen molar-refractivity contribution in [2.24, 2.45) is 7.05 Å². The van der Waals surface area contributed by atoms with E-state index in [0.29, 0.717) is 49.4 Å². The van der Waals surface area contributed by atoms with Crippen LogP contribution in [0.2, 0.25) is 0 Å². The second kappa shape index (κ2) is 10.4. The lowest BCUT2D eigenvalue weighted by Crippen LogP contribution is -2.36. The van der Waals surface area contributed by atoms with Crippen LogP contribution in [0.15, 0.2) is 66.7 Å². The van der Waals surface area contributed by atoms with Crippen LogP contribution >= 0.6 is 11.3 Å². The third kappa shape index (κ3) is 4.68. The number of ether oxygens (including phenoxy) is 2. The molecule has 39 heavy (non-hydrogen) atoms. The molecule has 0 unspecified atom stereocenters. The van der Waals surface area contributed by atoms with Gasteiger partial charge in [-0.05, 0) is 29.7 Å². The number of hydrogen-bond acceptors (Lipinski definition) is 8. The highest BCUT2D eigenvalue weighted by atomic mass is 32.1. The van der Waals surface area contributed by atoms with Gasteiger partial charge in [0.1, 0.15) is 5.75 Å². The number of anilines is 4. The molecule has 1 aliphatic rings. The number of benzene rings is 2. The Morgan fingerprint density at radius 3 is 2.77 bits per heavy atom. The van der Waals surface area contributed by atoms with E-state index in [1.54, 1.807) is 18.4 Å². The molecule has 1 fully saturated rings. The lowest BCUT2D eigenvalue weighted by molar-refractivity contribution is -0.111. The fourth-order valence-corrected chi connectivity index (χ4v) is 5.77. The minimum absolute atomic E-state index is 0.296. The number of morpholine rings is 1. The van der Waals surface area contributed by atoms with E-state index < -0.39 is 0 Å². The standard InChI is InChI=1S/C29H28N6O3S/c1-4-26(36)30-21-15-22(25(37-3)16-24(21)35-10-12-38-13-11-35)32-29-31-20-9-14-39-28(20)27(33-29)19-17-34(2)23-8-6-5-7-18(19)23/h4-9,14-17H,1,10-13H2,2-3H3,(H,30,36)(H,31,32,33). The minimum Gasteiger partial charge on any atom is -0.494 e. The maximum atomic E-state index is 12.3. The number of aryl methyl sites for hydroxylation is 1. The summed E-state index contributed by atoms with van der Waals surface area (Å²) in [7, 11) is 3.66. The van der Waals surface area contributed by atoms with Crippen LogP contribution in [0.4, 0.5) is 23.0 Å². The maximum Gasteiger partial charge on any atom is 0.247 e. The Morgan fingerprint density at radius 1 is 1.15 bits per heavy atom. The molecule has 9 nitrogen and oxygen atoms in total. The molecule has 3 aromatic heterocycles. The van der Waals surface area contributed by atoms with E-state index in [9.17, 15) is 4.79 Å². The number of hydrogen-bond donors (Lipinski definition) is 2. The van der Waals surface area contributed by atoms with E-state index in [-0.39, 0.29) is 5.91 Å². The molecule has 6 rings (SSSR count). The summed E-state index contributed by atoms with van der Waals surface area (Å²) in [4.78, 5) is 24.3. The van der Waals surface area contributed by atoms with Crippen LogP contribution in [-0.4, -0.2) is 53.9 Å². The second-order valence-electron chi connectivity index (χ2n) is 9.19. The zero-order valence-electron chi connectivity index (χ0n) is 21.7. The van der Waals surface area contributed by atoms with Crippen LogP contribution in [0.5, 0.6) is 5.75 Å². The molecule has 1 aliphatic heterocycles. The van der Waals surface area contributed by atoms with Crippen molar-refractivity contribution in [1.29, 1.82) is 0 Å². The van der Waals surface area contributed by atoms with Gasteiger partial charge in [0, 0.05) is 48.9 Å². The topological polar surface area (TPSA) is 93.5 Å². The predicted molar refractivity (Wildman–Crippen MR) is 157 cm³/mol. The molecule has 0 saturated carbocycles. The summed E-state index contributed by atoms with van der Waals surface area (Å²) in [5, 5.41) is 9.46. The normalized spacial score (nSPS) is 13.5. The minimum atomic E-state index is -0.296. The first-order valence-corrected chi connectivity index (χ1v) is 13.5. The number of carbonyl (C=O) groups is 1. The summed E-state index contributed by atoms with van der Waals surface area (Å²) >= 11 is 1.62. The van der Waals surface area contributed by atoms with Gasteiger partial charge in [-0.3, -0.25) is 4.79 Å². The molecule has 5 aromatic rings. The number of thiophene rings is 1. The molecule has 4 heterocycles. The Labute approximate surface area is 229 Å². The SMILES string of the molecule is C=CC(=O)Nc1cc(Nc2nc(-c3cn(C)c4ccccc34)c3sccc3n2)c(OC)cc1N1CCOCC1. The Kier molecular flexibility index (Phi) is 6.64. The molecule has 198 valence electrons. The Bertz CT molecular complexity index is 1700. The largest absolute Gasteiger partial charge is 0.494 e. The van der Waals surface area contributed by atoms with Gasteiger partial charge < -0.3 is 29.6 Å². The maximum absolute atomic E-state index is 12.3. The lowest BCUT2D eigenvalue weighted by Gasteiger charge is -2.31. The van der Waals surface area contributed by atoms with Crippen LogP contribution in [0.25, 0.3) is 32.4 Å². The first kappa shape index (κ1) is 24.9. The predicted octanol–water partition coefficient (Wildman–Crippen LogP) is 5.56. The van der Waals surface area contributed by atoms with Crippen molar-refractivity contribution < 1.29 is 14.3 Å². The van der Waals surface area contributed by atoms with E-state index in [2.05, 4.69) is 45.0 Å². The summed E-state index contributed by atoms with van der Waals surface area (Å²) in [6, 6.07) is 14.1. The monoisotopic (exact) mass is 540 g/mol. The van der Waals surface area contributed by atoms with Crippen LogP contribution in [0.1, 0.15) is 0 Å². The molecule has 0 atom stereocenters. The number of nitrogens with zero attached hydrogens (tertiary/aromatic N) is 4. The number of carbonyl (C=O) groups excluding carboxylic acids is 1. The zero-order valence-corrected chi connectivity index (χ0v) is 22.5. The van der Waals surface area contributed by atoms with Gasteiger partial charge in [0.05, 0.1) is 53.3 Å². The van der Waals surface area contributed by atoms with Gasteiger partial charge in [0.2, 0.25) is 11.9 Å². The van der Waals surface area contributed by atoms with E-state index >= 15 is 0 Å². The van der Waals surface area contributed by atoms with Crippen LogP contribution in [-0.2, 0) is 16.6 Å². The molecular formula is C29H28N6O3S. The van der Waals surface area contributed by atoms with Crippen molar-refractivity contribution in [2.45, 2.75) is 0 Å². The average molecular weight is 541 g/mol. The van der Waals surface area contributed by atoms with Gasteiger partial charge in [0.25, 0.3) is 0 Å². The third-order valence-corrected chi connectivity index (χ3v) is 7.73. The van der Waals surface area contributed by atoms with Crippen LogP contribution < -0.4 is 20.3 Å². The summed E-state index contributed by atoms with van der Waals surface area (Å²) in [5.41, 5.74) is 6.00. The number of methoxy groups -OCH3 is 1. The van der Waals surface area contributed by atoms with Gasteiger partial charge in [0.15, 0.2) is 0 Å². The van der Waals surface area contributed by atoms with Gasteiger partial charge in [-0.15, -0.1) is 11.3 Å². The highest BCUT2D eigenvalue weighted by molar-refractivity contribution is 7.17. The first-order valence-electron chi connectivity index (χ1n) is 12.6. The zero-order chi connectivity index (χ0) is 26.9. The number of aromatic nitrogens is 3. The van der Waals surface area contributed by atoms with Crippen LogP contribution in [0, 0.1) is 0 Å². The quantitative estimate of drug-likeness (QED) is 0.261. The summed E-state index contributed by atoms with van der Waals surface area (Å²) < 4.78 is 14.4. The average Bonchev–Trinajstić information content (AvgIpc) is 3.58. The Hall–Kier alpha value is -4.41. The summed E-state index contributed by atoms with van der Waals surface area (Å²) in [6.07, 6.45) is 3.36. The van der Waals surface area contributed by atoms with Gasteiger partial charge in [-0.25, -0.2) is 9.97 Å². The van der Waals surface area contributed by atoms with Crippen molar-refractivity contribution in [2.75, 3.05) is 48.9 Å². The molecule has 10 heteroatoms. The molecule has 1 saturated heterocycles. The van der Waals surface area contributed by atoms with E-state index in [4.69, 9.17) is 19.4 Å². The fraction of sp³-hybridized carbons (Fsp3) is 0.207. The number of amides is 1. The molecule has 0 spiro atoms. The van der Waals surface area contributed by atoms with Crippen molar-refractivity contribution in [3.05, 3.63) is 66.7 Å². The van der Waals surface area contributed by atoms with E-state index in [1.165, 1.54) is 6.08 Å².